The normalized spacial score (nSPS) is 12.7. The van der Waals surface area contributed by atoms with E-state index in [0.717, 1.165) is 14.7 Å². The minimum atomic E-state index is -0.700. The van der Waals surface area contributed by atoms with Crippen molar-refractivity contribution in [3.63, 3.8) is 0 Å². The zero-order valence-corrected chi connectivity index (χ0v) is 24.5. The summed E-state index contributed by atoms with van der Waals surface area (Å²) in [4.78, 5) is 33.6. The van der Waals surface area contributed by atoms with E-state index >= 15 is 0 Å². The van der Waals surface area contributed by atoms with Crippen molar-refractivity contribution in [2.45, 2.75) is 52.2 Å². The zero-order chi connectivity index (χ0) is 27.6. The lowest BCUT2D eigenvalue weighted by Crippen LogP contribution is -2.29. The van der Waals surface area contributed by atoms with Crippen LogP contribution in [0.25, 0.3) is 0 Å². The van der Waals surface area contributed by atoms with Gasteiger partial charge >= 0.3 is 17.9 Å². The van der Waals surface area contributed by atoms with Gasteiger partial charge in [-0.05, 0) is 58.0 Å². The summed E-state index contributed by atoms with van der Waals surface area (Å²) in [5, 5.41) is 0. The van der Waals surface area contributed by atoms with E-state index in [4.69, 9.17) is 35.3 Å². The third-order valence-corrected chi connectivity index (χ3v) is 6.59. The van der Waals surface area contributed by atoms with Gasteiger partial charge < -0.3 is 23.7 Å². The highest BCUT2D eigenvalue weighted by Crippen LogP contribution is 2.35. The van der Waals surface area contributed by atoms with Crippen molar-refractivity contribution in [1.82, 2.24) is 0 Å². The van der Waals surface area contributed by atoms with Crippen LogP contribution in [-0.2, 0) is 34.0 Å². The van der Waals surface area contributed by atoms with Crippen molar-refractivity contribution in [2.24, 2.45) is 0 Å². The number of halogens is 2. The fourth-order valence-corrected chi connectivity index (χ4v) is 4.24. The van der Waals surface area contributed by atoms with Crippen molar-refractivity contribution in [3.05, 3.63) is 57.2 Å². The topological polar surface area (TPSA) is 97.4 Å². The summed E-state index contributed by atoms with van der Waals surface area (Å²) in [6.45, 7) is 8.30. The maximum absolute atomic E-state index is 11.3. The van der Waals surface area contributed by atoms with Crippen molar-refractivity contribution in [2.75, 3.05) is 25.7 Å². The fourth-order valence-electron chi connectivity index (χ4n) is 3.42. The quantitative estimate of drug-likeness (QED) is 0.129. The van der Waals surface area contributed by atoms with Gasteiger partial charge in [0.05, 0.1) is 9.45 Å². The summed E-state index contributed by atoms with van der Waals surface area (Å²) in [7, 11) is 0. The average molecular weight is 647 g/mol. The van der Waals surface area contributed by atoms with Crippen LogP contribution in [-0.4, -0.2) is 55.8 Å². The maximum Gasteiger partial charge on any atom is 0.303 e. The highest BCUT2D eigenvalue weighted by atomic mass is 127. The zero-order valence-electron chi connectivity index (χ0n) is 21.5. The SMILES string of the molecule is CC(=O)OCC(COc1ccc(C(C)(C)c2ccc(OCC(CCl)OC(C)=O)c(I)c2)cc1)OC(C)=O. The highest BCUT2D eigenvalue weighted by Gasteiger charge is 2.25. The Morgan fingerprint density at radius 1 is 0.811 bits per heavy atom. The second-order valence-corrected chi connectivity index (χ2v) is 10.3. The Kier molecular flexibility index (Phi) is 12.0. The molecule has 0 aliphatic rings. The third-order valence-electron chi connectivity index (χ3n) is 5.40. The third kappa shape index (κ3) is 10.0. The molecule has 0 saturated heterocycles. The summed E-state index contributed by atoms with van der Waals surface area (Å²) >= 11 is 8.07. The molecule has 0 N–H and O–H groups in total. The largest absolute Gasteiger partial charge is 0.490 e. The van der Waals surface area contributed by atoms with Crippen LogP contribution in [0.4, 0.5) is 0 Å². The molecule has 0 aliphatic heterocycles. The smallest absolute Gasteiger partial charge is 0.303 e. The second-order valence-electron chi connectivity index (χ2n) is 8.84. The number of ether oxygens (including phenoxy) is 5. The molecular weight excluding hydrogens is 615 g/mol. The van der Waals surface area contributed by atoms with Gasteiger partial charge in [0.15, 0.2) is 6.10 Å². The van der Waals surface area contributed by atoms with Gasteiger partial charge in [-0.25, -0.2) is 0 Å². The van der Waals surface area contributed by atoms with Crippen LogP contribution >= 0.6 is 34.2 Å². The van der Waals surface area contributed by atoms with Crippen molar-refractivity contribution >= 4 is 52.1 Å². The molecule has 0 fully saturated rings. The Balaban J connectivity index is 2.06. The Labute approximate surface area is 236 Å². The van der Waals surface area contributed by atoms with E-state index in [1.807, 2.05) is 36.4 Å². The van der Waals surface area contributed by atoms with Crippen LogP contribution in [0, 0.1) is 3.57 Å². The molecule has 2 aromatic rings. The Hall–Kier alpha value is -2.53. The molecule has 0 radical (unpaired) electrons. The molecule has 0 saturated carbocycles. The first-order chi connectivity index (χ1) is 17.4. The van der Waals surface area contributed by atoms with Gasteiger partial charge in [0.1, 0.15) is 37.4 Å². The van der Waals surface area contributed by atoms with Gasteiger partial charge in [0, 0.05) is 26.2 Å². The molecule has 8 nitrogen and oxygen atoms in total. The van der Waals surface area contributed by atoms with E-state index in [1.54, 1.807) is 0 Å². The van der Waals surface area contributed by atoms with Crippen LogP contribution in [0.3, 0.4) is 0 Å². The molecule has 0 aromatic heterocycles. The molecule has 0 spiro atoms. The van der Waals surface area contributed by atoms with Gasteiger partial charge in [0.25, 0.3) is 0 Å². The number of carbonyl (C=O) groups excluding carboxylic acids is 3. The highest BCUT2D eigenvalue weighted by molar-refractivity contribution is 14.1. The molecule has 37 heavy (non-hydrogen) atoms. The van der Waals surface area contributed by atoms with Gasteiger partial charge in [-0.15, -0.1) is 11.6 Å². The minimum absolute atomic E-state index is 0.0529. The van der Waals surface area contributed by atoms with Gasteiger partial charge in [-0.3, -0.25) is 14.4 Å². The lowest BCUT2D eigenvalue weighted by molar-refractivity contribution is -0.158. The van der Waals surface area contributed by atoms with Crippen LogP contribution < -0.4 is 9.47 Å². The van der Waals surface area contributed by atoms with Crippen LogP contribution in [0.5, 0.6) is 11.5 Å². The summed E-state index contributed by atoms with van der Waals surface area (Å²) in [6.07, 6.45) is -1.22. The Morgan fingerprint density at radius 2 is 1.38 bits per heavy atom. The van der Waals surface area contributed by atoms with Gasteiger partial charge in [0.2, 0.25) is 0 Å². The van der Waals surface area contributed by atoms with E-state index in [9.17, 15) is 14.4 Å². The maximum atomic E-state index is 11.3. The first-order valence-electron chi connectivity index (χ1n) is 11.6. The number of rotatable bonds is 13. The van der Waals surface area contributed by atoms with E-state index < -0.39 is 30.1 Å². The molecule has 0 bridgehead atoms. The lowest BCUT2D eigenvalue weighted by atomic mass is 9.78. The monoisotopic (exact) mass is 646 g/mol. The van der Waals surface area contributed by atoms with E-state index in [1.165, 1.54) is 20.8 Å². The van der Waals surface area contributed by atoms with Crippen LogP contribution in [0.15, 0.2) is 42.5 Å². The number of hydrogen-bond donors (Lipinski definition) is 0. The standard InChI is InChI=1S/C27H32ClIO8/c1-17(30)33-15-24(37-19(3)32)16-34-22-9-6-20(7-10-22)27(4,5)21-8-11-26(25(29)12-21)35-14-23(13-28)36-18(2)31/h6-12,23-24H,13-16H2,1-5H3. The summed E-state index contributed by atoms with van der Waals surface area (Å²) in [6, 6.07) is 13.6. The predicted octanol–water partition coefficient (Wildman–Crippen LogP) is 5.04. The molecule has 2 atom stereocenters. The van der Waals surface area contributed by atoms with Crippen molar-refractivity contribution < 1.29 is 38.1 Å². The first-order valence-corrected chi connectivity index (χ1v) is 13.2. The predicted molar refractivity (Wildman–Crippen MR) is 147 cm³/mol. The summed E-state index contributed by atoms with van der Waals surface area (Å²) < 4.78 is 27.7. The molecule has 202 valence electrons. The average Bonchev–Trinajstić information content (AvgIpc) is 2.83. The van der Waals surface area contributed by atoms with E-state index in [0.29, 0.717) is 11.5 Å². The molecule has 0 aliphatic carbocycles. The summed E-state index contributed by atoms with van der Waals surface area (Å²) in [5.41, 5.74) is 1.84. The molecule has 2 aromatic carbocycles. The molecule has 10 heteroatoms. The lowest BCUT2D eigenvalue weighted by Gasteiger charge is -2.27. The molecule has 0 heterocycles. The number of esters is 3. The molecule has 2 rings (SSSR count). The number of hydrogen-bond acceptors (Lipinski definition) is 8. The Bertz CT molecular complexity index is 1070. The molecular formula is C27H32ClIO8. The van der Waals surface area contributed by atoms with Crippen LogP contribution in [0.2, 0.25) is 0 Å². The van der Waals surface area contributed by atoms with Crippen molar-refractivity contribution in [1.29, 1.82) is 0 Å². The fraction of sp³-hybridized carbons (Fsp3) is 0.444. The van der Waals surface area contributed by atoms with Crippen LogP contribution in [0.1, 0.15) is 45.7 Å². The first kappa shape index (κ1) is 30.7. The number of alkyl halides is 1. The molecule has 2 unspecified atom stereocenters. The van der Waals surface area contributed by atoms with Gasteiger partial charge in [-0.2, -0.15) is 0 Å². The molecule has 0 amide bonds. The summed E-state index contributed by atoms with van der Waals surface area (Å²) in [5.74, 6) is 0.0921. The van der Waals surface area contributed by atoms with Crippen molar-refractivity contribution in [3.8, 4) is 11.5 Å². The van der Waals surface area contributed by atoms with E-state index in [2.05, 4.69) is 42.5 Å². The number of carbonyl (C=O) groups is 3. The minimum Gasteiger partial charge on any atom is -0.490 e. The van der Waals surface area contributed by atoms with Gasteiger partial charge in [-0.1, -0.05) is 32.0 Å². The second kappa shape index (κ2) is 14.4. The van der Waals surface area contributed by atoms with E-state index in [-0.39, 0.29) is 31.1 Å². The number of benzene rings is 2. The Morgan fingerprint density at radius 3 is 1.92 bits per heavy atom.